The van der Waals surface area contributed by atoms with E-state index >= 15 is 0 Å². The van der Waals surface area contributed by atoms with Crippen molar-refractivity contribution in [2.75, 3.05) is 19.6 Å². The van der Waals surface area contributed by atoms with Crippen LogP contribution < -0.4 is 5.32 Å². The first-order valence-corrected chi connectivity index (χ1v) is 7.34. The monoisotopic (exact) mass is 264 g/mol. The van der Waals surface area contributed by atoms with E-state index < -0.39 is 0 Å². The van der Waals surface area contributed by atoms with E-state index in [-0.39, 0.29) is 5.91 Å². The van der Waals surface area contributed by atoms with Crippen molar-refractivity contribution in [3.63, 3.8) is 0 Å². The fraction of sp³-hybridized carbons (Fsp3) is 0.667. The first kappa shape index (κ1) is 14.1. The number of carbonyl (C=O) groups excluding carboxylic acids is 1. The van der Waals surface area contributed by atoms with Crippen LogP contribution in [-0.4, -0.2) is 36.5 Å². The third-order valence-corrected chi connectivity index (χ3v) is 3.70. The fourth-order valence-electron chi connectivity index (χ4n) is 2.70. The summed E-state index contributed by atoms with van der Waals surface area (Å²) in [5, 5.41) is 3.35. The first-order valence-electron chi connectivity index (χ1n) is 7.34. The number of furan rings is 1. The van der Waals surface area contributed by atoms with Gasteiger partial charge in [-0.1, -0.05) is 6.92 Å². The molecule has 2 rings (SSSR count). The van der Waals surface area contributed by atoms with Crippen molar-refractivity contribution < 1.29 is 9.21 Å². The van der Waals surface area contributed by atoms with Crippen LogP contribution in [0.2, 0.25) is 0 Å². The lowest BCUT2D eigenvalue weighted by atomic mass is 10.0. The molecule has 1 aliphatic heterocycles. The highest BCUT2D eigenvalue weighted by Gasteiger charge is 2.24. The molecule has 19 heavy (non-hydrogen) atoms. The Kier molecular flexibility index (Phi) is 5.45. The normalized spacial score (nSPS) is 16.5. The van der Waals surface area contributed by atoms with Crippen LogP contribution in [0.1, 0.15) is 38.4 Å². The van der Waals surface area contributed by atoms with E-state index in [0.29, 0.717) is 18.9 Å². The van der Waals surface area contributed by atoms with Gasteiger partial charge in [-0.3, -0.25) is 4.79 Å². The van der Waals surface area contributed by atoms with E-state index in [0.717, 1.165) is 44.7 Å². The minimum atomic E-state index is 0.269. The average Bonchev–Trinajstić information content (AvgIpc) is 2.96. The van der Waals surface area contributed by atoms with Crippen molar-refractivity contribution in [1.82, 2.24) is 10.2 Å². The lowest BCUT2D eigenvalue weighted by Crippen LogP contribution is -2.46. The van der Waals surface area contributed by atoms with Crippen molar-refractivity contribution in [2.45, 2.75) is 45.1 Å². The van der Waals surface area contributed by atoms with Gasteiger partial charge in [0, 0.05) is 25.4 Å². The van der Waals surface area contributed by atoms with Gasteiger partial charge < -0.3 is 14.6 Å². The Bertz CT molecular complexity index is 370. The van der Waals surface area contributed by atoms with Gasteiger partial charge in [0.1, 0.15) is 5.76 Å². The summed E-state index contributed by atoms with van der Waals surface area (Å²) in [7, 11) is 0. The van der Waals surface area contributed by atoms with E-state index in [9.17, 15) is 4.79 Å². The second-order valence-corrected chi connectivity index (χ2v) is 5.15. The molecule has 0 atom stereocenters. The molecule has 1 amide bonds. The van der Waals surface area contributed by atoms with Crippen LogP contribution >= 0.6 is 0 Å². The van der Waals surface area contributed by atoms with Gasteiger partial charge in [0.05, 0.1) is 6.26 Å². The molecule has 0 radical (unpaired) electrons. The van der Waals surface area contributed by atoms with E-state index in [1.54, 1.807) is 6.26 Å². The number of nitrogens with one attached hydrogen (secondary N) is 1. The Morgan fingerprint density at radius 3 is 2.89 bits per heavy atom. The Morgan fingerprint density at radius 1 is 1.47 bits per heavy atom. The van der Waals surface area contributed by atoms with Crippen molar-refractivity contribution >= 4 is 5.91 Å². The zero-order chi connectivity index (χ0) is 13.5. The van der Waals surface area contributed by atoms with Gasteiger partial charge in [0.15, 0.2) is 0 Å². The van der Waals surface area contributed by atoms with Gasteiger partial charge >= 0.3 is 0 Å². The van der Waals surface area contributed by atoms with Gasteiger partial charge in [0.25, 0.3) is 0 Å². The summed E-state index contributed by atoms with van der Waals surface area (Å²) < 4.78 is 5.29. The lowest BCUT2D eigenvalue weighted by Gasteiger charge is -2.34. The van der Waals surface area contributed by atoms with Crippen molar-refractivity contribution in [3.05, 3.63) is 24.2 Å². The molecule has 1 aromatic heterocycles. The highest BCUT2D eigenvalue weighted by atomic mass is 16.3. The van der Waals surface area contributed by atoms with Crippen LogP contribution in [0.25, 0.3) is 0 Å². The SMILES string of the molecule is CCCN(C(=O)CCc1ccco1)C1CCNCC1. The van der Waals surface area contributed by atoms with Gasteiger partial charge in [0.2, 0.25) is 5.91 Å². The second-order valence-electron chi connectivity index (χ2n) is 5.15. The summed E-state index contributed by atoms with van der Waals surface area (Å²) in [5.74, 6) is 1.17. The molecule has 0 unspecified atom stereocenters. The van der Waals surface area contributed by atoms with Crippen LogP contribution in [0.4, 0.5) is 0 Å². The second kappa shape index (κ2) is 7.34. The largest absolute Gasteiger partial charge is 0.469 e. The summed E-state index contributed by atoms with van der Waals surface area (Å²) in [6, 6.07) is 4.23. The quantitative estimate of drug-likeness (QED) is 0.856. The summed E-state index contributed by atoms with van der Waals surface area (Å²) in [6.07, 6.45) is 6.10. The highest BCUT2D eigenvalue weighted by Crippen LogP contribution is 2.15. The lowest BCUT2D eigenvalue weighted by molar-refractivity contribution is -0.134. The van der Waals surface area contributed by atoms with Gasteiger partial charge in [-0.25, -0.2) is 0 Å². The molecule has 4 heteroatoms. The summed E-state index contributed by atoms with van der Waals surface area (Å²) in [6.45, 7) is 5.06. The number of aryl methyl sites for hydroxylation is 1. The van der Waals surface area contributed by atoms with Crippen LogP contribution in [0.15, 0.2) is 22.8 Å². The Labute approximate surface area is 115 Å². The minimum Gasteiger partial charge on any atom is -0.469 e. The third kappa shape index (κ3) is 4.10. The zero-order valence-corrected chi connectivity index (χ0v) is 11.7. The number of hydrogen-bond donors (Lipinski definition) is 1. The summed E-state index contributed by atoms with van der Waals surface area (Å²) in [5.41, 5.74) is 0. The molecule has 1 N–H and O–H groups in total. The molecule has 0 bridgehead atoms. The highest BCUT2D eigenvalue weighted by molar-refractivity contribution is 5.76. The van der Waals surface area contributed by atoms with E-state index in [1.807, 2.05) is 12.1 Å². The molecule has 1 aliphatic rings. The number of nitrogens with zero attached hydrogens (tertiary/aromatic N) is 1. The van der Waals surface area contributed by atoms with Crippen molar-refractivity contribution in [3.8, 4) is 0 Å². The number of carbonyl (C=O) groups is 1. The van der Waals surface area contributed by atoms with E-state index in [4.69, 9.17) is 4.42 Å². The van der Waals surface area contributed by atoms with E-state index in [1.165, 1.54) is 0 Å². The molecule has 4 nitrogen and oxygen atoms in total. The third-order valence-electron chi connectivity index (χ3n) is 3.70. The van der Waals surface area contributed by atoms with Gasteiger partial charge in [-0.2, -0.15) is 0 Å². The predicted octanol–water partition coefficient (Wildman–Crippen LogP) is 2.20. The van der Waals surface area contributed by atoms with Crippen molar-refractivity contribution in [1.29, 1.82) is 0 Å². The maximum absolute atomic E-state index is 12.4. The average molecular weight is 264 g/mol. The van der Waals surface area contributed by atoms with Gasteiger partial charge in [-0.15, -0.1) is 0 Å². The molecule has 106 valence electrons. The molecule has 0 aliphatic carbocycles. The Morgan fingerprint density at radius 2 is 2.26 bits per heavy atom. The summed E-state index contributed by atoms with van der Waals surface area (Å²) in [4.78, 5) is 14.5. The number of rotatable bonds is 6. The Hall–Kier alpha value is -1.29. The molecule has 1 fully saturated rings. The molecule has 0 aromatic carbocycles. The molecular weight excluding hydrogens is 240 g/mol. The molecule has 1 aromatic rings. The first-order chi connectivity index (χ1) is 9.31. The van der Waals surface area contributed by atoms with Crippen LogP contribution in [0, 0.1) is 0 Å². The number of piperidine rings is 1. The number of amides is 1. The molecule has 1 saturated heterocycles. The maximum Gasteiger partial charge on any atom is 0.223 e. The number of hydrogen-bond acceptors (Lipinski definition) is 3. The Balaban J connectivity index is 1.87. The van der Waals surface area contributed by atoms with E-state index in [2.05, 4.69) is 17.1 Å². The standard InChI is InChI=1S/C15H24N2O2/c1-2-11-17(13-7-9-16-10-8-13)15(18)6-5-14-4-3-12-19-14/h3-4,12-13,16H,2,5-11H2,1H3. The minimum absolute atomic E-state index is 0.269. The fourth-order valence-corrected chi connectivity index (χ4v) is 2.70. The molecule has 0 saturated carbocycles. The molecular formula is C15H24N2O2. The zero-order valence-electron chi connectivity index (χ0n) is 11.7. The van der Waals surface area contributed by atoms with Crippen LogP contribution in [0.3, 0.4) is 0 Å². The maximum atomic E-state index is 12.4. The van der Waals surface area contributed by atoms with Crippen LogP contribution in [0.5, 0.6) is 0 Å². The topological polar surface area (TPSA) is 45.5 Å². The van der Waals surface area contributed by atoms with Gasteiger partial charge in [-0.05, 0) is 44.5 Å². The summed E-state index contributed by atoms with van der Waals surface area (Å²) >= 11 is 0. The van der Waals surface area contributed by atoms with Crippen molar-refractivity contribution in [2.24, 2.45) is 0 Å². The molecule has 0 spiro atoms. The predicted molar refractivity (Wildman–Crippen MR) is 74.9 cm³/mol. The smallest absolute Gasteiger partial charge is 0.223 e. The van der Waals surface area contributed by atoms with Crippen LogP contribution in [-0.2, 0) is 11.2 Å². The molecule has 2 heterocycles.